The Labute approximate surface area is 178 Å². The van der Waals surface area contributed by atoms with Gasteiger partial charge >= 0.3 is 35.2 Å². The molecule has 0 bridgehead atoms. The number of rotatable bonds is 12. The fourth-order valence-electron chi connectivity index (χ4n) is 1.98. The minimum absolute atomic E-state index is 0. The smallest absolute Gasteiger partial charge is 0.774 e. The molecule has 0 fully saturated rings. The first-order valence-electron chi connectivity index (χ1n) is 7.87. The Bertz CT molecular complexity index is 585. The van der Waals surface area contributed by atoms with Gasteiger partial charge in [-0.2, -0.15) is 14.3 Å². The van der Waals surface area contributed by atoms with Gasteiger partial charge in [0.1, 0.15) is 6.10 Å². The molecule has 0 saturated heterocycles. The Morgan fingerprint density at radius 1 is 1.22 bits per heavy atom. The number of hydrogen-bond donors (Lipinski definition) is 4. The molecule has 4 N–H and O–H groups in total. The van der Waals surface area contributed by atoms with Gasteiger partial charge in [-0.3, -0.25) is 4.84 Å². The SMILES string of the molecule is CCOP(=O)([O-])C(F)(F)C[C@@H](O)[C@@H](O)[C@@H](O)CNOCc1ccccc1.[Na+]. The number of hydroxylamine groups is 1. The average molecular weight is 421 g/mol. The number of alkyl halides is 2. The molecule has 0 radical (unpaired) electrons. The minimum Gasteiger partial charge on any atom is -0.774 e. The van der Waals surface area contributed by atoms with Crippen LogP contribution in [0, 0.1) is 0 Å². The first kappa shape index (κ1) is 27.0. The summed E-state index contributed by atoms with van der Waals surface area (Å²) in [5.41, 5.74) is -1.23. The Kier molecular flexibility index (Phi) is 12.6. The van der Waals surface area contributed by atoms with Crippen LogP contribution >= 0.6 is 7.60 Å². The van der Waals surface area contributed by atoms with Crippen LogP contribution < -0.4 is 39.9 Å². The van der Waals surface area contributed by atoms with Crippen molar-refractivity contribution in [1.82, 2.24) is 5.48 Å². The molecule has 1 unspecified atom stereocenters. The zero-order valence-corrected chi connectivity index (χ0v) is 18.0. The van der Waals surface area contributed by atoms with Gasteiger partial charge in [0.05, 0.1) is 25.4 Å². The summed E-state index contributed by atoms with van der Waals surface area (Å²) in [6, 6.07) is 8.99. The monoisotopic (exact) mass is 421 g/mol. The summed E-state index contributed by atoms with van der Waals surface area (Å²) >= 11 is 0. The molecule has 0 heterocycles. The number of aliphatic hydroxyl groups is 3. The van der Waals surface area contributed by atoms with E-state index in [1.54, 1.807) is 24.3 Å². The average Bonchev–Trinajstić information content (AvgIpc) is 2.58. The summed E-state index contributed by atoms with van der Waals surface area (Å²) in [6.07, 6.45) is -7.50. The van der Waals surface area contributed by atoms with Gasteiger partial charge in [-0.1, -0.05) is 30.3 Å². The number of halogens is 2. The zero-order valence-electron chi connectivity index (χ0n) is 15.1. The van der Waals surface area contributed by atoms with Crippen LogP contribution in [-0.2, 0) is 20.5 Å². The second kappa shape index (κ2) is 12.6. The van der Waals surface area contributed by atoms with Crippen LogP contribution in [0.25, 0.3) is 0 Å². The second-order valence-electron chi connectivity index (χ2n) is 5.53. The van der Waals surface area contributed by atoms with Crippen molar-refractivity contribution >= 4 is 7.60 Å². The fraction of sp³-hybridized carbons (Fsp3) is 0.600. The first-order chi connectivity index (χ1) is 12.1. The third kappa shape index (κ3) is 8.93. The van der Waals surface area contributed by atoms with E-state index >= 15 is 0 Å². The van der Waals surface area contributed by atoms with Crippen molar-refractivity contribution in [3.8, 4) is 0 Å². The van der Waals surface area contributed by atoms with E-state index in [0.717, 1.165) is 5.56 Å². The van der Waals surface area contributed by atoms with Crippen LogP contribution in [0.1, 0.15) is 18.9 Å². The quantitative estimate of drug-likeness (QED) is 0.125. The molecule has 0 aliphatic carbocycles. The largest absolute Gasteiger partial charge is 1.00 e. The molecule has 0 aliphatic rings. The summed E-state index contributed by atoms with van der Waals surface area (Å²) < 4.78 is 42.6. The van der Waals surface area contributed by atoms with E-state index < -0.39 is 44.6 Å². The predicted molar refractivity (Wildman–Crippen MR) is 86.1 cm³/mol. The summed E-state index contributed by atoms with van der Waals surface area (Å²) in [4.78, 5) is 16.3. The van der Waals surface area contributed by atoms with Crippen molar-refractivity contribution in [3.63, 3.8) is 0 Å². The predicted octanol–water partition coefficient (Wildman–Crippen LogP) is -2.63. The summed E-state index contributed by atoms with van der Waals surface area (Å²) in [5.74, 6) is 0. The van der Waals surface area contributed by atoms with Crippen LogP contribution in [0.2, 0.25) is 0 Å². The normalized spacial score (nSPS) is 17.4. The third-order valence-corrected chi connectivity index (χ3v) is 5.00. The number of aliphatic hydroxyl groups excluding tert-OH is 3. The van der Waals surface area contributed by atoms with Crippen LogP contribution in [0.15, 0.2) is 30.3 Å². The standard InChI is InChI=1S/C15H24F2NO7P.Na/c1-2-25-26(22,23)15(16,17)8-12(19)14(21)13(20)9-18-24-10-11-6-4-3-5-7-11;/h3-7,12-14,18-21H,2,8-10H2,1H3,(H,22,23);/q;+1/p-1/t12-,13+,14-;/m1./s1. The minimum atomic E-state index is -5.56. The maximum absolute atomic E-state index is 13.7. The molecule has 0 aliphatic heterocycles. The molecule has 1 aromatic carbocycles. The number of nitrogens with one attached hydrogen (secondary N) is 1. The van der Waals surface area contributed by atoms with Crippen molar-refractivity contribution in [2.75, 3.05) is 13.2 Å². The van der Waals surface area contributed by atoms with Gasteiger partial charge in [0.2, 0.25) is 7.60 Å². The van der Waals surface area contributed by atoms with Gasteiger partial charge in [0.25, 0.3) is 0 Å². The van der Waals surface area contributed by atoms with Crippen LogP contribution in [-0.4, -0.2) is 52.4 Å². The van der Waals surface area contributed by atoms with Gasteiger partial charge in [0, 0.05) is 13.0 Å². The molecule has 4 atom stereocenters. The van der Waals surface area contributed by atoms with Crippen molar-refractivity contribution in [3.05, 3.63) is 35.9 Å². The Morgan fingerprint density at radius 2 is 1.81 bits per heavy atom. The topological polar surface area (TPSA) is 131 Å². The molecule has 0 saturated carbocycles. The second-order valence-corrected chi connectivity index (χ2v) is 7.44. The van der Waals surface area contributed by atoms with E-state index in [2.05, 4.69) is 10.0 Å². The molecule has 8 nitrogen and oxygen atoms in total. The van der Waals surface area contributed by atoms with Gasteiger partial charge in [-0.25, -0.2) is 0 Å². The van der Waals surface area contributed by atoms with Gasteiger partial charge in [-0.15, -0.1) is 0 Å². The third-order valence-electron chi connectivity index (χ3n) is 3.42. The van der Waals surface area contributed by atoms with Gasteiger partial charge in [-0.05, 0) is 12.5 Å². The number of benzene rings is 1. The molecule has 150 valence electrons. The molecular weight excluding hydrogens is 398 g/mol. The van der Waals surface area contributed by atoms with Crippen molar-refractivity contribution in [2.24, 2.45) is 0 Å². The maximum Gasteiger partial charge on any atom is 1.00 e. The summed E-state index contributed by atoms with van der Waals surface area (Å²) in [6.45, 7) is 0.506. The molecule has 0 aromatic heterocycles. The van der Waals surface area contributed by atoms with E-state index in [4.69, 9.17) is 4.84 Å². The van der Waals surface area contributed by atoms with Crippen molar-refractivity contribution in [1.29, 1.82) is 0 Å². The molecule has 1 rings (SSSR count). The summed E-state index contributed by atoms with van der Waals surface area (Å²) in [5, 5.41) is 29.0. The van der Waals surface area contributed by atoms with Gasteiger partial charge < -0.3 is 29.3 Å². The van der Waals surface area contributed by atoms with Crippen molar-refractivity contribution < 1.29 is 72.5 Å². The molecule has 1 aromatic rings. The summed E-state index contributed by atoms with van der Waals surface area (Å²) in [7, 11) is -5.56. The molecule has 27 heavy (non-hydrogen) atoms. The van der Waals surface area contributed by atoms with Crippen LogP contribution in [0.5, 0.6) is 0 Å². The first-order valence-corrected chi connectivity index (χ1v) is 9.41. The van der Waals surface area contributed by atoms with Gasteiger partial charge in [0.15, 0.2) is 0 Å². The van der Waals surface area contributed by atoms with Crippen LogP contribution in [0.4, 0.5) is 8.78 Å². The van der Waals surface area contributed by atoms with E-state index in [1.165, 1.54) is 6.92 Å². The fourth-order valence-corrected chi connectivity index (χ4v) is 2.92. The molecule has 0 spiro atoms. The van der Waals surface area contributed by atoms with Crippen LogP contribution in [0.3, 0.4) is 0 Å². The van der Waals surface area contributed by atoms with E-state index in [1.807, 2.05) is 6.07 Å². The van der Waals surface area contributed by atoms with Crippen molar-refractivity contribution in [2.45, 2.75) is 43.9 Å². The van der Waals surface area contributed by atoms with E-state index in [-0.39, 0.29) is 42.7 Å². The Morgan fingerprint density at radius 3 is 2.37 bits per heavy atom. The van der Waals surface area contributed by atoms with E-state index in [0.29, 0.717) is 0 Å². The zero-order chi connectivity index (χ0) is 19.8. The molecule has 12 heteroatoms. The van der Waals surface area contributed by atoms with E-state index in [9.17, 15) is 33.6 Å². The molecule has 0 amide bonds. The Hall–Kier alpha value is 0.0300. The number of hydrogen-bond acceptors (Lipinski definition) is 8. The maximum atomic E-state index is 13.7. The Balaban J connectivity index is 0.00000676. The molecular formula is C15H23F2NNaO7P.